The minimum Gasteiger partial charge on any atom is -0.505 e. The highest BCUT2D eigenvalue weighted by Gasteiger charge is 2.17. The Hall–Kier alpha value is -1.09. The Bertz CT molecular complexity index is 338. The van der Waals surface area contributed by atoms with E-state index in [-0.39, 0.29) is 11.8 Å². The van der Waals surface area contributed by atoms with Crippen LogP contribution in [0.3, 0.4) is 0 Å². The number of hydrogen-bond acceptors (Lipinski definition) is 2. The van der Waals surface area contributed by atoms with Crippen molar-refractivity contribution in [2.75, 3.05) is 0 Å². The molecule has 0 spiro atoms. The van der Waals surface area contributed by atoms with Crippen molar-refractivity contribution in [3.8, 4) is 5.75 Å². The van der Waals surface area contributed by atoms with E-state index in [1.54, 1.807) is 0 Å². The second-order valence-electron chi connectivity index (χ2n) is 3.58. The summed E-state index contributed by atoms with van der Waals surface area (Å²) in [6.45, 7) is 0. The molecule has 0 aromatic heterocycles. The Morgan fingerprint density at radius 1 is 1.38 bits per heavy atom. The monoisotopic (exact) mass is 181 g/mol. The highest BCUT2D eigenvalue weighted by atomic mass is 19.1. The first kappa shape index (κ1) is 8.51. The molecule has 1 aromatic carbocycles. The van der Waals surface area contributed by atoms with Crippen LogP contribution in [0, 0.1) is 5.82 Å². The molecule has 13 heavy (non-hydrogen) atoms. The van der Waals surface area contributed by atoms with Gasteiger partial charge in [0, 0.05) is 6.04 Å². The SMILES string of the molecule is N[C@@H]1CCc2cc(F)c(O)cc2C1. The van der Waals surface area contributed by atoms with Crippen molar-refractivity contribution in [2.24, 2.45) is 5.73 Å². The summed E-state index contributed by atoms with van der Waals surface area (Å²) in [5.74, 6) is -0.804. The molecule has 0 bridgehead atoms. The first-order chi connectivity index (χ1) is 6.16. The van der Waals surface area contributed by atoms with Gasteiger partial charge < -0.3 is 10.8 Å². The van der Waals surface area contributed by atoms with Crippen LogP contribution in [0.4, 0.5) is 4.39 Å². The maximum Gasteiger partial charge on any atom is 0.165 e. The van der Waals surface area contributed by atoms with E-state index in [2.05, 4.69) is 0 Å². The van der Waals surface area contributed by atoms with Gasteiger partial charge in [0.2, 0.25) is 0 Å². The quantitative estimate of drug-likeness (QED) is 0.634. The standard InChI is InChI=1S/C10H12FNO/c11-9-4-6-1-2-8(12)3-7(6)5-10(9)13/h4-5,8,13H,1-3,12H2/t8-/m1/s1. The summed E-state index contributed by atoms with van der Waals surface area (Å²) in [6, 6.07) is 3.05. The Labute approximate surface area is 76.2 Å². The second kappa shape index (κ2) is 3.00. The zero-order valence-electron chi connectivity index (χ0n) is 7.26. The van der Waals surface area contributed by atoms with Crippen molar-refractivity contribution in [2.45, 2.75) is 25.3 Å². The summed E-state index contributed by atoms with van der Waals surface area (Å²) < 4.78 is 12.9. The molecule has 2 rings (SSSR count). The van der Waals surface area contributed by atoms with Gasteiger partial charge in [-0.25, -0.2) is 4.39 Å². The zero-order valence-corrected chi connectivity index (χ0v) is 7.26. The van der Waals surface area contributed by atoms with E-state index in [9.17, 15) is 4.39 Å². The van der Waals surface area contributed by atoms with E-state index in [1.807, 2.05) is 0 Å². The molecule has 1 aromatic rings. The first-order valence-electron chi connectivity index (χ1n) is 4.42. The number of rotatable bonds is 0. The van der Waals surface area contributed by atoms with Crippen LogP contribution in [0.2, 0.25) is 0 Å². The first-order valence-corrected chi connectivity index (χ1v) is 4.42. The number of benzene rings is 1. The maximum absolute atomic E-state index is 12.9. The molecule has 0 saturated carbocycles. The molecule has 0 fully saturated rings. The largest absolute Gasteiger partial charge is 0.505 e. The van der Waals surface area contributed by atoms with Gasteiger partial charge in [0.15, 0.2) is 11.6 Å². The number of nitrogens with two attached hydrogens (primary N) is 1. The zero-order chi connectivity index (χ0) is 9.42. The Morgan fingerprint density at radius 2 is 2.15 bits per heavy atom. The number of phenols is 1. The van der Waals surface area contributed by atoms with Crippen molar-refractivity contribution in [3.05, 3.63) is 29.1 Å². The van der Waals surface area contributed by atoms with Crippen LogP contribution in [0.1, 0.15) is 17.5 Å². The smallest absolute Gasteiger partial charge is 0.165 e. The number of hydrogen-bond donors (Lipinski definition) is 2. The normalized spacial score (nSPS) is 21.2. The minimum atomic E-state index is -0.533. The van der Waals surface area contributed by atoms with Crippen LogP contribution in [0.5, 0.6) is 5.75 Å². The predicted octanol–water partition coefficient (Wildman–Crippen LogP) is 1.35. The fourth-order valence-corrected chi connectivity index (χ4v) is 1.79. The molecular formula is C10H12FNO. The van der Waals surface area contributed by atoms with Crippen molar-refractivity contribution in [1.82, 2.24) is 0 Å². The summed E-state index contributed by atoms with van der Waals surface area (Å²) >= 11 is 0. The maximum atomic E-state index is 12.9. The third-order valence-corrected chi connectivity index (χ3v) is 2.54. The number of halogens is 1. The van der Waals surface area contributed by atoms with Crippen LogP contribution < -0.4 is 5.73 Å². The number of fused-ring (bicyclic) bond motifs is 1. The third kappa shape index (κ3) is 1.52. The summed E-state index contributed by atoms with van der Waals surface area (Å²) in [6.07, 6.45) is 2.45. The molecule has 1 aliphatic carbocycles. The van der Waals surface area contributed by atoms with Crippen molar-refractivity contribution >= 4 is 0 Å². The fraction of sp³-hybridized carbons (Fsp3) is 0.400. The molecule has 0 radical (unpaired) electrons. The molecule has 2 nitrogen and oxygen atoms in total. The lowest BCUT2D eigenvalue weighted by Crippen LogP contribution is -2.27. The highest BCUT2D eigenvalue weighted by molar-refractivity contribution is 5.38. The Morgan fingerprint density at radius 3 is 2.92 bits per heavy atom. The number of aromatic hydroxyl groups is 1. The van der Waals surface area contributed by atoms with Crippen LogP contribution in [-0.2, 0) is 12.8 Å². The Kier molecular flexibility index (Phi) is 1.96. The van der Waals surface area contributed by atoms with Gasteiger partial charge in [0.05, 0.1) is 0 Å². The van der Waals surface area contributed by atoms with Crippen molar-refractivity contribution in [3.63, 3.8) is 0 Å². The molecule has 0 amide bonds. The number of phenolic OH excluding ortho intramolecular Hbond substituents is 1. The minimum absolute atomic E-state index is 0.150. The van der Waals surface area contributed by atoms with Gasteiger partial charge in [-0.1, -0.05) is 0 Å². The van der Waals surface area contributed by atoms with E-state index in [1.165, 1.54) is 12.1 Å². The summed E-state index contributed by atoms with van der Waals surface area (Å²) in [5.41, 5.74) is 7.73. The van der Waals surface area contributed by atoms with Gasteiger partial charge in [-0.3, -0.25) is 0 Å². The van der Waals surface area contributed by atoms with Crippen LogP contribution in [0.15, 0.2) is 12.1 Å². The topological polar surface area (TPSA) is 46.2 Å². The van der Waals surface area contributed by atoms with E-state index in [4.69, 9.17) is 10.8 Å². The third-order valence-electron chi connectivity index (χ3n) is 2.54. The van der Waals surface area contributed by atoms with Gasteiger partial charge in [0.25, 0.3) is 0 Å². The molecule has 0 unspecified atom stereocenters. The summed E-state index contributed by atoms with van der Waals surface area (Å²) in [7, 11) is 0. The lowest BCUT2D eigenvalue weighted by Gasteiger charge is -2.21. The van der Waals surface area contributed by atoms with Crippen LogP contribution in [-0.4, -0.2) is 11.1 Å². The van der Waals surface area contributed by atoms with Gasteiger partial charge in [-0.05, 0) is 42.5 Å². The van der Waals surface area contributed by atoms with Gasteiger partial charge in [-0.2, -0.15) is 0 Å². The van der Waals surface area contributed by atoms with Crippen LogP contribution in [0.25, 0.3) is 0 Å². The van der Waals surface area contributed by atoms with E-state index >= 15 is 0 Å². The van der Waals surface area contributed by atoms with Gasteiger partial charge >= 0.3 is 0 Å². The van der Waals surface area contributed by atoms with E-state index in [0.717, 1.165) is 30.4 Å². The van der Waals surface area contributed by atoms with E-state index < -0.39 is 5.82 Å². The lowest BCUT2D eigenvalue weighted by molar-refractivity contribution is 0.428. The molecule has 1 aliphatic rings. The van der Waals surface area contributed by atoms with Crippen molar-refractivity contribution in [1.29, 1.82) is 0 Å². The lowest BCUT2D eigenvalue weighted by atomic mass is 9.88. The molecule has 1 atom stereocenters. The van der Waals surface area contributed by atoms with Gasteiger partial charge in [-0.15, -0.1) is 0 Å². The predicted molar refractivity (Wildman–Crippen MR) is 48.1 cm³/mol. The molecule has 0 saturated heterocycles. The van der Waals surface area contributed by atoms with Crippen molar-refractivity contribution < 1.29 is 9.50 Å². The molecule has 0 aliphatic heterocycles. The highest BCUT2D eigenvalue weighted by Crippen LogP contribution is 2.26. The van der Waals surface area contributed by atoms with Crippen LogP contribution >= 0.6 is 0 Å². The molecule has 3 heteroatoms. The molecule has 0 heterocycles. The second-order valence-corrected chi connectivity index (χ2v) is 3.58. The molecule has 3 N–H and O–H groups in total. The molecular weight excluding hydrogens is 169 g/mol. The van der Waals surface area contributed by atoms with Gasteiger partial charge in [0.1, 0.15) is 0 Å². The average molecular weight is 181 g/mol. The molecule has 70 valence electrons. The summed E-state index contributed by atoms with van der Waals surface area (Å²) in [5, 5.41) is 9.15. The van der Waals surface area contributed by atoms with E-state index in [0.29, 0.717) is 0 Å². The average Bonchev–Trinajstić information content (AvgIpc) is 2.08. The number of aryl methyl sites for hydroxylation is 1. The summed E-state index contributed by atoms with van der Waals surface area (Å²) in [4.78, 5) is 0. The fourth-order valence-electron chi connectivity index (χ4n) is 1.79. The Balaban J connectivity index is 2.43.